The summed E-state index contributed by atoms with van der Waals surface area (Å²) in [5.74, 6) is 0.920. The van der Waals surface area contributed by atoms with E-state index in [4.69, 9.17) is 4.74 Å². The minimum absolute atomic E-state index is 0.145. The van der Waals surface area contributed by atoms with Crippen molar-refractivity contribution >= 4 is 16.7 Å². The van der Waals surface area contributed by atoms with Gasteiger partial charge in [-0.15, -0.1) is 0 Å². The largest absolute Gasteiger partial charge is 0.497 e. The molecule has 0 aliphatic rings. The highest BCUT2D eigenvalue weighted by Gasteiger charge is 2.10. The van der Waals surface area contributed by atoms with Gasteiger partial charge < -0.3 is 10.1 Å². The maximum atomic E-state index is 12.1. The highest BCUT2D eigenvalue weighted by Crippen LogP contribution is 2.24. The molecule has 0 saturated heterocycles. The molecule has 0 fully saturated rings. The van der Waals surface area contributed by atoms with Crippen LogP contribution in [0.15, 0.2) is 60.8 Å². The first-order valence-corrected chi connectivity index (χ1v) is 7.94. The van der Waals surface area contributed by atoms with Gasteiger partial charge in [0.15, 0.2) is 0 Å². The van der Waals surface area contributed by atoms with Crippen LogP contribution < -0.4 is 10.1 Å². The molecular weight excluding hydrogens is 300 g/mol. The molecule has 0 aliphatic heterocycles. The fraction of sp³-hybridized carbons (Fsp3) is 0.200. The summed E-state index contributed by atoms with van der Waals surface area (Å²) in [5, 5.41) is 5.25. The minimum atomic E-state index is -0.145. The van der Waals surface area contributed by atoms with Crippen molar-refractivity contribution in [3.63, 3.8) is 0 Å². The molecule has 1 amide bonds. The Balaban J connectivity index is 1.69. The Labute approximate surface area is 141 Å². The van der Waals surface area contributed by atoms with Gasteiger partial charge in [0, 0.05) is 12.7 Å². The molecule has 122 valence electrons. The zero-order chi connectivity index (χ0) is 16.9. The highest BCUT2D eigenvalue weighted by molar-refractivity contribution is 5.92. The quantitative estimate of drug-likeness (QED) is 0.778. The number of fused-ring (bicyclic) bond motifs is 1. The maximum absolute atomic E-state index is 12.1. The van der Waals surface area contributed by atoms with Gasteiger partial charge in [-0.1, -0.05) is 37.3 Å². The van der Waals surface area contributed by atoms with Crippen LogP contribution in [0.1, 0.15) is 28.9 Å². The van der Waals surface area contributed by atoms with E-state index in [1.54, 1.807) is 25.4 Å². The summed E-state index contributed by atoms with van der Waals surface area (Å²) in [6.07, 6.45) is 1.62. The normalized spacial score (nSPS) is 11.9. The Kier molecular flexibility index (Phi) is 4.75. The van der Waals surface area contributed by atoms with Crippen molar-refractivity contribution in [2.75, 3.05) is 13.7 Å². The van der Waals surface area contributed by atoms with E-state index in [1.165, 1.54) is 5.56 Å². The predicted octanol–water partition coefficient (Wildman–Crippen LogP) is 3.78. The number of methoxy groups -OCH3 is 1. The third-order valence-corrected chi connectivity index (χ3v) is 4.11. The van der Waals surface area contributed by atoms with Crippen LogP contribution in [-0.4, -0.2) is 24.5 Å². The van der Waals surface area contributed by atoms with E-state index in [1.807, 2.05) is 18.2 Å². The zero-order valence-electron chi connectivity index (χ0n) is 13.8. The average molecular weight is 320 g/mol. The predicted molar refractivity (Wildman–Crippen MR) is 95.5 cm³/mol. The molecule has 0 spiro atoms. The van der Waals surface area contributed by atoms with E-state index < -0.39 is 0 Å². The number of benzene rings is 2. The summed E-state index contributed by atoms with van der Waals surface area (Å²) >= 11 is 0. The van der Waals surface area contributed by atoms with Gasteiger partial charge >= 0.3 is 0 Å². The standard InChI is InChI=1S/C20H20N2O2/c1-14(13-22-20(23)19-5-3-4-10-21-19)15-6-7-17-12-18(24-2)9-8-16(17)11-15/h3-12,14H,13H2,1-2H3,(H,22,23)/t14-/m0/s1. The third kappa shape index (κ3) is 3.54. The summed E-state index contributed by atoms with van der Waals surface area (Å²) < 4.78 is 5.25. The lowest BCUT2D eigenvalue weighted by molar-refractivity contribution is 0.0946. The lowest BCUT2D eigenvalue weighted by atomic mass is 9.97. The molecule has 1 aromatic heterocycles. The molecule has 4 heteroatoms. The van der Waals surface area contributed by atoms with Gasteiger partial charge in [0.2, 0.25) is 0 Å². The number of hydrogen-bond acceptors (Lipinski definition) is 3. The molecule has 0 radical (unpaired) electrons. The van der Waals surface area contributed by atoms with Gasteiger partial charge in [0.1, 0.15) is 11.4 Å². The Morgan fingerprint density at radius 1 is 1.12 bits per heavy atom. The van der Waals surface area contributed by atoms with Crippen molar-refractivity contribution in [3.8, 4) is 5.75 Å². The Bertz CT molecular complexity index is 847. The van der Waals surface area contributed by atoms with Gasteiger partial charge in [-0.3, -0.25) is 9.78 Å². The number of ether oxygens (including phenoxy) is 1. The van der Waals surface area contributed by atoms with Crippen molar-refractivity contribution in [1.82, 2.24) is 10.3 Å². The summed E-state index contributed by atoms with van der Waals surface area (Å²) in [4.78, 5) is 16.1. The van der Waals surface area contributed by atoms with Crippen molar-refractivity contribution in [2.45, 2.75) is 12.8 Å². The monoisotopic (exact) mass is 320 g/mol. The lowest BCUT2D eigenvalue weighted by Crippen LogP contribution is -2.28. The number of carbonyl (C=O) groups is 1. The number of pyridine rings is 1. The first kappa shape index (κ1) is 16.0. The van der Waals surface area contributed by atoms with Crippen molar-refractivity contribution in [1.29, 1.82) is 0 Å². The minimum Gasteiger partial charge on any atom is -0.497 e. The number of aromatic nitrogens is 1. The summed E-state index contributed by atoms with van der Waals surface area (Å²) in [7, 11) is 1.67. The maximum Gasteiger partial charge on any atom is 0.269 e. The fourth-order valence-electron chi connectivity index (χ4n) is 2.63. The molecule has 0 aliphatic carbocycles. The van der Waals surface area contributed by atoms with Crippen LogP contribution in [0.2, 0.25) is 0 Å². The van der Waals surface area contributed by atoms with E-state index >= 15 is 0 Å². The topological polar surface area (TPSA) is 51.2 Å². The number of nitrogens with one attached hydrogen (secondary N) is 1. The Morgan fingerprint density at radius 2 is 1.92 bits per heavy atom. The van der Waals surface area contributed by atoms with Crippen LogP contribution in [-0.2, 0) is 0 Å². The SMILES string of the molecule is COc1ccc2cc([C@@H](C)CNC(=O)c3ccccn3)ccc2c1. The molecule has 1 heterocycles. The number of carbonyl (C=O) groups excluding carboxylic acids is 1. The van der Waals surface area contributed by atoms with Gasteiger partial charge in [-0.05, 0) is 46.5 Å². The third-order valence-electron chi connectivity index (χ3n) is 4.11. The van der Waals surface area contributed by atoms with Crippen LogP contribution in [0, 0.1) is 0 Å². The van der Waals surface area contributed by atoms with Crippen molar-refractivity contribution in [2.24, 2.45) is 0 Å². The summed E-state index contributed by atoms with van der Waals surface area (Å²) in [5.41, 5.74) is 1.63. The first-order valence-electron chi connectivity index (χ1n) is 7.94. The second-order valence-corrected chi connectivity index (χ2v) is 5.80. The van der Waals surface area contributed by atoms with Crippen LogP contribution in [0.3, 0.4) is 0 Å². The molecule has 24 heavy (non-hydrogen) atoms. The lowest BCUT2D eigenvalue weighted by Gasteiger charge is -2.14. The molecule has 0 saturated carbocycles. The summed E-state index contributed by atoms with van der Waals surface area (Å²) in [6.45, 7) is 2.67. The van der Waals surface area contributed by atoms with Gasteiger partial charge in [-0.25, -0.2) is 0 Å². The molecule has 4 nitrogen and oxygen atoms in total. The molecule has 2 aromatic carbocycles. The van der Waals surface area contributed by atoms with Crippen LogP contribution in [0.25, 0.3) is 10.8 Å². The number of hydrogen-bond donors (Lipinski definition) is 1. The number of nitrogens with zero attached hydrogens (tertiary/aromatic N) is 1. The number of amides is 1. The van der Waals surface area contributed by atoms with Crippen LogP contribution in [0.4, 0.5) is 0 Å². The van der Waals surface area contributed by atoms with Crippen molar-refractivity contribution in [3.05, 3.63) is 72.1 Å². The first-order chi connectivity index (χ1) is 11.7. The molecule has 0 unspecified atom stereocenters. The molecule has 1 atom stereocenters. The highest BCUT2D eigenvalue weighted by atomic mass is 16.5. The second kappa shape index (κ2) is 7.13. The van der Waals surface area contributed by atoms with E-state index in [0.29, 0.717) is 12.2 Å². The van der Waals surface area contributed by atoms with E-state index in [9.17, 15) is 4.79 Å². The van der Waals surface area contributed by atoms with Gasteiger partial charge in [0.05, 0.1) is 7.11 Å². The molecule has 3 aromatic rings. The Morgan fingerprint density at radius 3 is 2.67 bits per heavy atom. The smallest absolute Gasteiger partial charge is 0.269 e. The Hall–Kier alpha value is -2.88. The van der Waals surface area contributed by atoms with E-state index in [-0.39, 0.29) is 11.8 Å². The van der Waals surface area contributed by atoms with E-state index in [0.717, 1.165) is 16.5 Å². The molecular formula is C20H20N2O2. The molecule has 3 rings (SSSR count). The van der Waals surface area contributed by atoms with Crippen LogP contribution >= 0.6 is 0 Å². The number of rotatable bonds is 5. The van der Waals surface area contributed by atoms with Crippen LogP contribution in [0.5, 0.6) is 5.75 Å². The average Bonchev–Trinajstić information content (AvgIpc) is 2.65. The zero-order valence-corrected chi connectivity index (χ0v) is 13.8. The second-order valence-electron chi connectivity index (χ2n) is 5.80. The van der Waals surface area contributed by atoms with Crippen molar-refractivity contribution < 1.29 is 9.53 Å². The van der Waals surface area contributed by atoms with Gasteiger partial charge in [0.25, 0.3) is 5.91 Å². The summed E-state index contributed by atoms with van der Waals surface area (Å²) in [6, 6.07) is 17.7. The molecule has 1 N–H and O–H groups in total. The van der Waals surface area contributed by atoms with Gasteiger partial charge in [-0.2, -0.15) is 0 Å². The molecule has 0 bridgehead atoms. The van der Waals surface area contributed by atoms with E-state index in [2.05, 4.69) is 41.5 Å². The fourth-order valence-corrected chi connectivity index (χ4v) is 2.63.